The summed E-state index contributed by atoms with van der Waals surface area (Å²) in [4.78, 5) is 22.8. The van der Waals surface area contributed by atoms with Gasteiger partial charge in [0.1, 0.15) is 11.6 Å². The number of anilines is 2. The van der Waals surface area contributed by atoms with Crippen LogP contribution in [-0.4, -0.2) is 45.7 Å². The molecule has 0 radical (unpaired) electrons. The van der Waals surface area contributed by atoms with Gasteiger partial charge in [0, 0.05) is 36.9 Å². The minimum atomic E-state index is -0.627. The van der Waals surface area contributed by atoms with Crippen molar-refractivity contribution in [2.45, 2.75) is 22.5 Å². The molecule has 1 saturated heterocycles. The van der Waals surface area contributed by atoms with E-state index >= 15 is 0 Å². The van der Waals surface area contributed by atoms with Crippen LogP contribution in [0.15, 0.2) is 129 Å². The summed E-state index contributed by atoms with van der Waals surface area (Å²) in [7, 11) is 0. The van der Waals surface area contributed by atoms with Crippen molar-refractivity contribution in [2.75, 3.05) is 24.3 Å². The minimum absolute atomic E-state index is 0. The topological polar surface area (TPSA) is 194 Å². The first-order valence-corrected chi connectivity index (χ1v) is 13.3. The Morgan fingerprint density at radius 1 is 0.977 bits per heavy atom. The van der Waals surface area contributed by atoms with Crippen molar-refractivity contribution in [3.8, 4) is 11.4 Å². The van der Waals surface area contributed by atoms with Gasteiger partial charge in [0.05, 0.1) is 10.4 Å². The molecule has 11 heteroatoms. The van der Waals surface area contributed by atoms with Crippen LogP contribution in [0, 0.1) is 0 Å². The number of aromatic nitrogens is 2. The summed E-state index contributed by atoms with van der Waals surface area (Å²) in [5.74, 6) is 1.24. The van der Waals surface area contributed by atoms with E-state index in [1.165, 1.54) is 17.0 Å². The van der Waals surface area contributed by atoms with Crippen LogP contribution < -0.4 is 11.1 Å². The standard InChI is InChI=1S/C28H28N4O3S.2C2H4.3H2O.H2/c1-3-8-22(4-2)35-27(33)30-21-13-11-20(12-14-21)26-31-24(19-25(29)32-26)28(15-17-34-18-16-28)36-23-9-6-5-7-10-23;2*1-2;;;;/h3-14,19H,1-2,15-18H2,(H,30,33)(H2,29,31,32);2*1-2H2;3*1H2;1H/b22-8+;;;;;;. The van der Waals surface area contributed by atoms with Crippen LogP contribution in [0.1, 0.15) is 20.0 Å². The number of nitrogen functional groups attached to an aromatic ring is 1. The summed E-state index contributed by atoms with van der Waals surface area (Å²) in [5, 5.41) is 2.68. The monoisotopic (exact) mass is 612 g/mol. The third kappa shape index (κ3) is 11.7. The Bertz CT molecular complexity index is 1300. The number of thioether (sulfide) groups is 1. The Balaban J connectivity index is -0.00000202. The van der Waals surface area contributed by atoms with Gasteiger partial charge in [-0.05, 0) is 61.4 Å². The molecule has 1 aliphatic heterocycles. The zero-order chi connectivity index (χ0) is 29.4. The van der Waals surface area contributed by atoms with Crippen molar-refractivity contribution in [1.82, 2.24) is 9.97 Å². The van der Waals surface area contributed by atoms with E-state index in [-0.39, 0.29) is 22.6 Å². The van der Waals surface area contributed by atoms with Crippen LogP contribution in [0.3, 0.4) is 0 Å². The lowest BCUT2D eigenvalue weighted by atomic mass is 9.94. The molecule has 0 bridgehead atoms. The van der Waals surface area contributed by atoms with Gasteiger partial charge in [0.2, 0.25) is 0 Å². The van der Waals surface area contributed by atoms with Gasteiger partial charge in [-0.1, -0.05) is 37.4 Å². The summed E-state index contributed by atoms with van der Waals surface area (Å²) < 4.78 is 10.6. The Kier molecular flexibility index (Phi) is 20.0. The highest BCUT2D eigenvalue weighted by Gasteiger charge is 2.38. The molecule has 0 spiro atoms. The first-order valence-electron chi connectivity index (χ1n) is 12.5. The molecule has 3 aromatic rings. The molecular weight excluding hydrogens is 568 g/mol. The van der Waals surface area contributed by atoms with Crippen LogP contribution in [-0.2, 0) is 14.2 Å². The van der Waals surface area contributed by atoms with Gasteiger partial charge in [-0.2, -0.15) is 0 Å². The molecule has 0 atom stereocenters. The molecule has 0 unspecified atom stereocenters. The average molecular weight is 613 g/mol. The van der Waals surface area contributed by atoms with E-state index in [9.17, 15) is 4.79 Å². The van der Waals surface area contributed by atoms with E-state index < -0.39 is 6.09 Å². The highest BCUT2D eigenvalue weighted by Crippen LogP contribution is 2.48. The SMILES string of the molecule is C=C.C=C.C=C/C=C(\C=C)OC(=O)Nc1ccc(-c2nc(N)cc(C3(Sc4ccccc4)CCOCC3)n2)cc1.O.O.O.[HH]. The van der Waals surface area contributed by atoms with Crippen molar-refractivity contribution in [3.63, 3.8) is 0 Å². The molecular formula is C32H44N4O6S. The number of carbonyl (C=O) groups excluding carboxylic acids is 1. The predicted octanol–water partition coefficient (Wildman–Crippen LogP) is 5.70. The maximum absolute atomic E-state index is 12.2. The molecule has 43 heavy (non-hydrogen) atoms. The van der Waals surface area contributed by atoms with Gasteiger partial charge >= 0.3 is 6.09 Å². The number of hydrogen-bond donors (Lipinski definition) is 2. The molecule has 1 aliphatic rings. The van der Waals surface area contributed by atoms with Crippen molar-refractivity contribution < 1.29 is 32.1 Å². The molecule has 0 aliphatic carbocycles. The molecule has 10 nitrogen and oxygen atoms in total. The van der Waals surface area contributed by atoms with E-state index in [0.29, 0.717) is 36.3 Å². The highest BCUT2D eigenvalue weighted by molar-refractivity contribution is 8.00. The number of rotatable bonds is 8. The Hall–Kier alpha value is -4.52. The normalized spacial score (nSPS) is 12.8. The molecule has 0 saturated carbocycles. The Morgan fingerprint density at radius 2 is 1.58 bits per heavy atom. The first-order chi connectivity index (χ1) is 19.5. The molecule has 234 valence electrons. The fraction of sp³-hybridized carbons (Fsp3) is 0.156. The summed E-state index contributed by atoms with van der Waals surface area (Å²) in [5.41, 5.74) is 8.49. The Labute approximate surface area is 259 Å². The number of allylic oxidation sites excluding steroid dienone is 3. The number of carbonyl (C=O) groups is 1. The lowest BCUT2D eigenvalue weighted by Gasteiger charge is -2.36. The molecule has 2 heterocycles. The van der Waals surface area contributed by atoms with Crippen molar-refractivity contribution in [1.29, 1.82) is 0 Å². The number of hydrogen-bond acceptors (Lipinski definition) is 7. The van der Waals surface area contributed by atoms with E-state index in [1.807, 2.05) is 36.4 Å². The van der Waals surface area contributed by atoms with E-state index in [1.54, 1.807) is 30.0 Å². The summed E-state index contributed by atoms with van der Waals surface area (Å²) >= 11 is 1.79. The van der Waals surface area contributed by atoms with Crippen LogP contribution >= 0.6 is 11.8 Å². The first kappa shape index (κ1) is 40.6. The molecule has 1 fully saturated rings. The van der Waals surface area contributed by atoms with E-state index in [4.69, 9.17) is 20.2 Å². The number of nitrogens with two attached hydrogens (primary N) is 1. The number of nitrogens with one attached hydrogen (secondary N) is 1. The summed E-state index contributed by atoms with van der Waals surface area (Å²) in [6.07, 6.45) is 5.51. The van der Waals surface area contributed by atoms with Crippen molar-refractivity contribution >= 4 is 29.4 Å². The van der Waals surface area contributed by atoms with Gasteiger partial charge in [0.15, 0.2) is 5.82 Å². The van der Waals surface area contributed by atoms with Gasteiger partial charge < -0.3 is 31.6 Å². The highest BCUT2D eigenvalue weighted by atomic mass is 32.2. The van der Waals surface area contributed by atoms with Gasteiger partial charge in [0.25, 0.3) is 0 Å². The third-order valence-corrected chi connectivity index (χ3v) is 7.17. The van der Waals surface area contributed by atoms with Gasteiger partial charge in [-0.3, -0.25) is 5.32 Å². The smallest absolute Gasteiger partial charge is 0.412 e. The maximum Gasteiger partial charge on any atom is 0.417 e. The van der Waals surface area contributed by atoms with E-state index in [0.717, 1.165) is 24.1 Å². The van der Waals surface area contributed by atoms with E-state index in [2.05, 4.69) is 61.9 Å². The van der Waals surface area contributed by atoms with Crippen LogP contribution in [0.2, 0.25) is 0 Å². The molecule has 9 N–H and O–H groups in total. The second-order valence-corrected chi connectivity index (χ2v) is 9.58. The zero-order valence-corrected chi connectivity index (χ0v) is 25.0. The molecule has 1 aromatic heterocycles. The Morgan fingerprint density at radius 3 is 2.14 bits per heavy atom. The maximum atomic E-state index is 12.2. The van der Waals surface area contributed by atoms with Crippen LogP contribution in [0.5, 0.6) is 0 Å². The van der Waals surface area contributed by atoms with Crippen molar-refractivity contribution in [3.05, 3.63) is 130 Å². The van der Waals surface area contributed by atoms with Gasteiger partial charge in [-0.15, -0.1) is 38.1 Å². The van der Waals surface area contributed by atoms with Crippen LogP contribution in [0.4, 0.5) is 16.3 Å². The molecule has 1 amide bonds. The average Bonchev–Trinajstić information content (AvgIpc) is 3.00. The van der Waals surface area contributed by atoms with Gasteiger partial charge in [-0.25, -0.2) is 14.8 Å². The zero-order valence-electron chi connectivity index (χ0n) is 24.2. The summed E-state index contributed by atoms with van der Waals surface area (Å²) in [6, 6.07) is 19.4. The van der Waals surface area contributed by atoms with Crippen molar-refractivity contribution in [2.24, 2.45) is 0 Å². The number of nitrogens with zero attached hydrogens (tertiary/aromatic N) is 2. The fourth-order valence-corrected chi connectivity index (χ4v) is 5.19. The second kappa shape index (κ2) is 21.2. The number of benzene rings is 2. The number of amides is 1. The molecule has 4 rings (SSSR count). The summed E-state index contributed by atoms with van der Waals surface area (Å²) in [6.45, 7) is 20.5. The second-order valence-electron chi connectivity index (χ2n) is 8.12. The lowest BCUT2D eigenvalue weighted by Crippen LogP contribution is -2.32. The largest absolute Gasteiger partial charge is 0.417 e. The van der Waals surface area contributed by atoms with Crippen LogP contribution in [0.25, 0.3) is 11.4 Å². The predicted molar refractivity (Wildman–Crippen MR) is 180 cm³/mol. The number of ether oxygens (including phenoxy) is 2. The third-order valence-electron chi connectivity index (χ3n) is 5.65. The minimum Gasteiger partial charge on any atom is -0.412 e. The lowest BCUT2D eigenvalue weighted by molar-refractivity contribution is 0.0759. The molecule has 2 aromatic carbocycles. The quantitative estimate of drug-likeness (QED) is 0.185. The fourth-order valence-electron chi connectivity index (χ4n) is 3.87.